The van der Waals surface area contributed by atoms with Crippen LogP contribution in [0, 0.1) is 11.3 Å². The predicted molar refractivity (Wildman–Crippen MR) is 57.2 cm³/mol. The summed E-state index contributed by atoms with van der Waals surface area (Å²) in [4.78, 5) is 11.1. The maximum atomic E-state index is 11.1. The molecule has 0 amide bonds. The number of hydrogen-bond acceptors (Lipinski definition) is 5. The predicted octanol–water partition coefficient (Wildman–Crippen LogP) is 1.16. The van der Waals surface area contributed by atoms with Gasteiger partial charge in [0.15, 0.2) is 0 Å². The normalized spacial score (nSPS) is 10.7. The van der Waals surface area contributed by atoms with Crippen LogP contribution in [0.5, 0.6) is 0 Å². The molecule has 0 aromatic heterocycles. The van der Waals surface area contributed by atoms with Crippen LogP contribution in [0.1, 0.15) is 26.7 Å². The van der Waals surface area contributed by atoms with E-state index >= 15 is 0 Å². The summed E-state index contributed by atoms with van der Waals surface area (Å²) in [5.41, 5.74) is 0.435. The number of hydrazone groups is 1. The molecule has 0 bridgehead atoms. The molecule has 0 spiro atoms. The molecule has 0 saturated carbocycles. The Bertz CT molecular complexity index is 268. The lowest BCUT2D eigenvalue weighted by molar-refractivity contribution is -0.144. The van der Waals surface area contributed by atoms with E-state index in [0.29, 0.717) is 18.7 Å². The highest BCUT2D eigenvalue weighted by Gasteiger charge is 2.06. The molecular formula is C10H17N3O2. The van der Waals surface area contributed by atoms with Crippen LogP contribution in [0.3, 0.4) is 0 Å². The monoisotopic (exact) mass is 211 g/mol. The van der Waals surface area contributed by atoms with Crippen LogP contribution < -0.4 is 0 Å². The third-order valence-electron chi connectivity index (χ3n) is 1.57. The largest absolute Gasteiger partial charge is 0.465 e. The molecule has 5 nitrogen and oxygen atoms in total. The van der Waals surface area contributed by atoms with Crippen LogP contribution in [-0.2, 0) is 9.53 Å². The fraction of sp³-hybridized carbons (Fsp3) is 0.700. The van der Waals surface area contributed by atoms with Gasteiger partial charge in [0.25, 0.3) is 0 Å². The SMILES string of the molecule is CCC/C(C#N)=N/N(C)CC(=O)OCC. The first-order chi connectivity index (χ1) is 7.13. The second-order valence-corrected chi connectivity index (χ2v) is 3.03. The van der Waals surface area contributed by atoms with Gasteiger partial charge in [-0.05, 0) is 13.3 Å². The molecule has 0 rings (SSSR count). The van der Waals surface area contributed by atoms with E-state index in [0.717, 1.165) is 6.42 Å². The van der Waals surface area contributed by atoms with Crippen LogP contribution >= 0.6 is 0 Å². The number of carbonyl (C=O) groups excluding carboxylic acids is 1. The highest BCUT2D eigenvalue weighted by molar-refractivity contribution is 5.98. The Hall–Kier alpha value is -1.57. The highest BCUT2D eigenvalue weighted by Crippen LogP contribution is 1.95. The Morgan fingerprint density at radius 1 is 1.53 bits per heavy atom. The second-order valence-electron chi connectivity index (χ2n) is 3.03. The molecule has 0 N–H and O–H groups in total. The Kier molecular flexibility index (Phi) is 6.98. The number of nitrogens with zero attached hydrogens (tertiary/aromatic N) is 3. The quantitative estimate of drug-likeness (QED) is 0.375. The van der Waals surface area contributed by atoms with Gasteiger partial charge in [0.05, 0.1) is 6.61 Å². The molecule has 15 heavy (non-hydrogen) atoms. The topological polar surface area (TPSA) is 65.7 Å². The lowest BCUT2D eigenvalue weighted by Crippen LogP contribution is -2.24. The minimum absolute atomic E-state index is 0.0722. The highest BCUT2D eigenvalue weighted by atomic mass is 16.5. The van der Waals surface area contributed by atoms with Gasteiger partial charge in [-0.15, -0.1) is 0 Å². The van der Waals surface area contributed by atoms with Crippen molar-refractivity contribution in [3.63, 3.8) is 0 Å². The van der Waals surface area contributed by atoms with Crippen LogP contribution in [0.2, 0.25) is 0 Å². The molecule has 0 aliphatic rings. The Balaban J connectivity index is 4.15. The van der Waals surface area contributed by atoms with Gasteiger partial charge >= 0.3 is 5.97 Å². The first-order valence-corrected chi connectivity index (χ1v) is 4.98. The summed E-state index contributed by atoms with van der Waals surface area (Å²) in [6, 6.07) is 2.00. The second kappa shape index (κ2) is 7.80. The molecule has 84 valence electrons. The molecule has 0 fully saturated rings. The molecule has 0 aliphatic heterocycles. The van der Waals surface area contributed by atoms with E-state index in [-0.39, 0.29) is 12.5 Å². The lowest BCUT2D eigenvalue weighted by atomic mass is 10.2. The van der Waals surface area contributed by atoms with E-state index < -0.39 is 0 Å². The molecule has 5 heteroatoms. The lowest BCUT2D eigenvalue weighted by Gasteiger charge is -2.12. The first kappa shape index (κ1) is 13.4. The minimum atomic E-state index is -0.336. The number of ether oxygens (including phenoxy) is 1. The standard InChI is InChI=1S/C10H17N3O2/c1-4-6-9(7-11)12-13(3)8-10(14)15-5-2/h4-6,8H2,1-3H3/b12-9-. The van der Waals surface area contributed by atoms with Crippen LogP contribution in [0.25, 0.3) is 0 Å². The van der Waals surface area contributed by atoms with Gasteiger partial charge in [-0.1, -0.05) is 6.92 Å². The van der Waals surface area contributed by atoms with E-state index in [4.69, 9.17) is 10.00 Å². The van der Waals surface area contributed by atoms with Crippen molar-refractivity contribution in [2.24, 2.45) is 5.10 Å². The average molecular weight is 211 g/mol. The third-order valence-corrected chi connectivity index (χ3v) is 1.57. The van der Waals surface area contributed by atoms with Gasteiger partial charge in [0.2, 0.25) is 0 Å². The van der Waals surface area contributed by atoms with Gasteiger partial charge in [0, 0.05) is 13.5 Å². The fourth-order valence-electron chi connectivity index (χ4n) is 1.000. The number of esters is 1. The van der Waals surface area contributed by atoms with E-state index in [2.05, 4.69) is 5.10 Å². The minimum Gasteiger partial charge on any atom is -0.465 e. The van der Waals surface area contributed by atoms with Crippen molar-refractivity contribution in [1.82, 2.24) is 5.01 Å². The van der Waals surface area contributed by atoms with Crippen molar-refractivity contribution in [3.8, 4) is 6.07 Å². The molecule has 0 unspecified atom stereocenters. The maximum absolute atomic E-state index is 11.1. The summed E-state index contributed by atoms with van der Waals surface area (Å²) >= 11 is 0. The molecular weight excluding hydrogens is 194 g/mol. The Morgan fingerprint density at radius 2 is 2.20 bits per heavy atom. The summed E-state index contributed by atoms with van der Waals surface area (Å²) in [6.07, 6.45) is 1.49. The van der Waals surface area contributed by atoms with Crippen molar-refractivity contribution in [2.75, 3.05) is 20.2 Å². The zero-order chi connectivity index (χ0) is 11.7. The fourth-order valence-corrected chi connectivity index (χ4v) is 1.000. The first-order valence-electron chi connectivity index (χ1n) is 4.98. The smallest absolute Gasteiger partial charge is 0.327 e. The van der Waals surface area contributed by atoms with E-state index in [9.17, 15) is 4.79 Å². The number of likely N-dealkylation sites (N-methyl/N-ethyl adjacent to an activating group) is 1. The van der Waals surface area contributed by atoms with E-state index in [1.165, 1.54) is 5.01 Å². The molecule has 0 aliphatic carbocycles. The van der Waals surface area contributed by atoms with Crippen molar-refractivity contribution in [3.05, 3.63) is 0 Å². The molecule has 0 saturated heterocycles. The van der Waals surface area contributed by atoms with Gasteiger partial charge in [0.1, 0.15) is 18.3 Å². The summed E-state index contributed by atoms with van der Waals surface area (Å²) < 4.78 is 4.75. The van der Waals surface area contributed by atoms with Crippen LogP contribution in [0.4, 0.5) is 0 Å². The van der Waals surface area contributed by atoms with Crippen molar-refractivity contribution < 1.29 is 9.53 Å². The summed E-state index contributed by atoms with van der Waals surface area (Å²) in [6.45, 7) is 4.15. The molecule has 0 atom stereocenters. The number of carbonyl (C=O) groups is 1. The summed E-state index contributed by atoms with van der Waals surface area (Å²) in [7, 11) is 1.64. The van der Waals surface area contributed by atoms with E-state index in [1.807, 2.05) is 13.0 Å². The number of hydrogen-bond donors (Lipinski definition) is 0. The average Bonchev–Trinajstić information content (AvgIpc) is 2.17. The maximum Gasteiger partial charge on any atom is 0.327 e. The number of rotatable bonds is 6. The Labute approximate surface area is 90.3 Å². The van der Waals surface area contributed by atoms with Gasteiger partial charge in [-0.3, -0.25) is 9.80 Å². The zero-order valence-corrected chi connectivity index (χ0v) is 9.49. The molecule has 0 aromatic carbocycles. The van der Waals surface area contributed by atoms with Crippen molar-refractivity contribution in [2.45, 2.75) is 26.7 Å². The van der Waals surface area contributed by atoms with Gasteiger partial charge < -0.3 is 4.74 Å². The van der Waals surface area contributed by atoms with E-state index in [1.54, 1.807) is 14.0 Å². The Morgan fingerprint density at radius 3 is 2.67 bits per heavy atom. The summed E-state index contributed by atoms with van der Waals surface area (Å²) in [5, 5.41) is 14.1. The molecule has 0 radical (unpaired) electrons. The van der Waals surface area contributed by atoms with Crippen molar-refractivity contribution in [1.29, 1.82) is 5.26 Å². The summed E-state index contributed by atoms with van der Waals surface area (Å²) in [5.74, 6) is -0.336. The molecule has 0 heterocycles. The third kappa shape index (κ3) is 6.49. The van der Waals surface area contributed by atoms with Gasteiger partial charge in [-0.2, -0.15) is 10.4 Å². The number of nitriles is 1. The van der Waals surface area contributed by atoms with Gasteiger partial charge in [-0.25, -0.2) is 0 Å². The van der Waals surface area contributed by atoms with Crippen LogP contribution in [-0.4, -0.2) is 36.9 Å². The molecule has 0 aromatic rings. The van der Waals surface area contributed by atoms with Crippen LogP contribution in [0.15, 0.2) is 5.10 Å². The van der Waals surface area contributed by atoms with Crippen molar-refractivity contribution >= 4 is 11.7 Å². The zero-order valence-electron chi connectivity index (χ0n) is 9.49.